The largest absolute Gasteiger partial charge is 0.342 e. The highest BCUT2D eigenvalue weighted by atomic mass is 32.2. The number of aromatic nitrogens is 5. The molecule has 2 aromatic carbocycles. The third-order valence-corrected chi connectivity index (χ3v) is 6.22. The Bertz CT molecular complexity index is 1300. The SMILES string of the molecule is CCn1c(S[C@H](C)c2nc3ccccc3c(=O)[nH]2)nnc1[C@H](C)NC(=O)c1ccccc1. The lowest BCUT2D eigenvalue weighted by molar-refractivity contribution is 0.0937. The first-order valence-corrected chi connectivity index (χ1v) is 11.3. The van der Waals surface area contributed by atoms with Gasteiger partial charge in [0.05, 0.1) is 22.2 Å². The number of H-pyrrole nitrogens is 1. The number of benzene rings is 2. The maximum atomic E-state index is 12.5. The number of hydrogen-bond donors (Lipinski definition) is 2. The Labute approximate surface area is 189 Å². The van der Waals surface area contributed by atoms with E-state index in [1.54, 1.807) is 18.2 Å². The average molecular weight is 449 g/mol. The molecule has 2 heterocycles. The van der Waals surface area contributed by atoms with Crippen LogP contribution in [0, 0.1) is 0 Å². The Kier molecular flexibility index (Phi) is 6.36. The Morgan fingerprint density at radius 1 is 1.09 bits per heavy atom. The number of nitrogens with one attached hydrogen (secondary N) is 2. The van der Waals surface area contributed by atoms with Crippen LogP contribution < -0.4 is 10.9 Å². The molecule has 2 aromatic heterocycles. The molecule has 0 aliphatic carbocycles. The van der Waals surface area contributed by atoms with E-state index in [1.165, 1.54) is 11.8 Å². The Morgan fingerprint density at radius 3 is 2.56 bits per heavy atom. The first-order chi connectivity index (χ1) is 15.5. The second kappa shape index (κ2) is 9.35. The van der Waals surface area contributed by atoms with Gasteiger partial charge in [0.25, 0.3) is 11.5 Å². The number of rotatable bonds is 7. The van der Waals surface area contributed by atoms with Gasteiger partial charge in [0.1, 0.15) is 5.82 Å². The number of thioether (sulfide) groups is 1. The second-order valence-corrected chi connectivity index (χ2v) is 8.68. The lowest BCUT2D eigenvalue weighted by Crippen LogP contribution is -2.28. The lowest BCUT2D eigenvalue weighted by Gasteiger charge is -2.16. The minimum absolute atomic E-state index is 0.149. The number of carbonyl (C=O) groups is 1. The van der Waals surface area contributed by atoms with Crippen molar-refractivity contribution < 1.29 is 4.79 Å². The first kappa shape index (κ1) is 21.8. The fraction of sp³-hybridized carbons (Fsp3) is 0.261. The molecule has 0 spiro atoms. The predicted molar refractivity (Wildman–Crippen MR) is 125 cm³/mol. The molecule has 2 atom stereocenters. The molecule has 164 valence electrons. The number of hydrogen-bond acceptors (Lipinski definition) is 6. The second-order valence-electron chi connectivity index (χ2n) is 7.37. The van der Waals surface area contributed by atoms with Crippen molar-refractivity contribution in [2.24, 2.45) is 0 Å². The Balaban J connectivity index is 1.54. The summed E-state index contributed by atoms with van der Waals surface area (Å²) in [5.41, 5.74) is 1.10. The third kappa shape index (κ3) is 4.43. The van der Waals surface area contributed by atoms with Gasteiger partial charge in [0.2, 0.25) is 0 Å². The van der Waals surface area contributed by atoms with Crippen molar-refractivity contribution in [2.45, 2.75) is 43.8 Å². The van der Waals surface area contributed by atoms with E-state index in [1.807, 2.05) is 61.7 Å². The van der Waals surface area contributed by atoms with E-state index in [9.17, 15) is 9.59 Å². The summed E-state index contributed by atoms with van der Waals surface area (Å²) in [4.78, 5) is 32.4. The standard InChI is InChI=1S/C23H24N6O2S/c1-4-29-20(14(2)24-21(30)16-10-6-5-7-11-16)27-28-23(29)32-15(3)19-25-18-13-9-8-12-17(18)22(31)26-19/h5-15H,4H2,1-3H3,(H,24,30)(H,25,26,31)/t14-,15+/m0/s1. The minimum atomic E-state index is -0.321. The topological polar surface area (TPSA) is 106 Å². The summed E-state index contributed by atoms with van der Waals surface area (Å²) < 4.78 is 1.97. The van der Waals surface area contributed by atoms with Gasteiger partial charge < -0.3 is 14.9 Å². The monoisotopic (exact) mass is 448 g/mol. The zero-order valence-corrected chi connectivity index (χ0v) is 18.9. The number of aromatic amines is 1. The highest BCUT2D eigenvalue weighted by Gasteiger charge is 2.22. The van der Waals surface area contributed by atoms with Gasteiger partial charge in [-0.15, -0.1) is 10.2 Å². The van der Waals surface area contributed by atoms with Gasteiger partial charge >= 0.3 is 0 Å². The maximum absolute atomic E-state index is 12.5. The number of nitrogens with zero attached hydrogens (tertiary/aromatic N) is 4. The van der Waals surface area contributed by atoms with E-state index >= 15 is 0 Å². The van der Waals surface area contributed by atoms with Crippen LogP contribution in [0.25, 0.3) is 10.9 Å². The summed E-state index contributed by atoms with van der Waals surface area (Å²) in [5, 5.41) is 12.8. The molecular weight excluding hydrogens is 424 g/mol. The van der Waals surface area contributed by atoms with Crippen molar-refractivity contribution in [1.82, 2.24) is 30.0 Å². The molecule has 1 amide bonds. The molecule has 0 bridgehead atoms. The van der Waals surface area contributed by atoms with Gasteiger partial charge in [-0.2, -0.15) is 0 Å². The van der Waals surface area contributed by atoms with Crippen LogP contribution in [0.4, 0.5) is 0 Å². The van der Waals surface area contributed by atoms with Crippen LogP contribution >= 0.6 is 11.8 Å². The highest BCUT2D eigenvalue weighted by molar-refractivity contribution is 7.99. The molecule has 0 fully saturated rings. The smallest absolute Gasteiger partial charge is 0.258 e. The van der Waals surface area contributed by atoms with Gasteiger partial charge in [0, 0.05) is 12.1 Å². The van der Waals surface area contributed by atoms with E-state index in [0.29, 0.717) is 39.8 Å². The molecule has 0 unspecified atom stereocenters. The van der Waals surface area contributed by atoms with Crippen molar-refractivity contribution in [2.75, 3.05) is 0 Å². The fourth-order valence-electron chi connectivity index (χ4n) is 3.45. The third-order valence-electron chi connectivity index (χ3n) is 5.13. The maximum Gasteiger partial charge on any atom is 0.258 e. The van der Waals surface area contributed by atoms with Crippen LogP contribution in [0.5, 0.6) is 0 Å². The molecule has 2 N–H and O–H groups in total. The van der Waals surface area contributed by atoms with Crippen LogP contribution in [0.3, 0.4) is 0 Å². The average Bonchev–Trinajstić information content (AvgIpc) is 3.22. The quantitative estimate of drug-likeness (QED) is 0.416. The summed E-state index contributed by atoms with van der Waals surface area (Å²) in [6.45, 7) is 6.50. The van der Waals surface area contributed by atoms with Gasteiger partial charge in [-0.05, 0) is 45.0 Å². The van der Waals surface area contributed by atoms with E-state index in [-0.39, 0.29) is 22.8 Å². The molecule has 0 radical (unpaired) electrons. The summed E-state index contributed by atoms with van der Waals surface area (Å²) in [7, 11) is 0. The van der Waals surface area contributed by atoms with Crippen LogP contribution in [-0.4, -0.2) is 30.6 Å². The summed E-state index contributed by atoms with van der Waals surface area (Å²) >= 11 is 1.46. The molecular formula is C23H24N6O2S. The van der Waals surface area contributed by atoms with Crippen LogP contribution in [0.1, 0.15) is 54.1 Å². The van der Waals surface area contributed by atoms with Crippen molar-refractivity contribution >= 4 is 28.6 Å². The molecule has 32 heavy (non-hydrogen) atoms. The minimum Gasteiger partial charge on any atom is -0.342 e. The molecule has 0 saturated carbocycles. The number of amides is 1. The summed E-state index contributed by atoms with van der Waals surface area (Å²) in [6.07, 6.45) is 0. The van der Waals surface area contributed by atoms with Crippen molar-refractivity contribution in [1.29, 1.82) is 0 Å². The molecule has 0 saturated heterocycles. The summed E-state index contributed by atoms with van der Waals surface area (Å²) in [5.74, 6) is 1.09. The van der Waals surface area contributed by atoms with Gasteiger partial charge in [-0.25, -0.2) is 4.98 Å². The van der Waals surface area contributed by atoms with Gasteiger partial charge in [-0.3, -0.25) is 9.59 Å². The molecule has 0 aliphatic heterocycles. The van der Waals surface area contributed by atoms with E-state index in [0.717, 1.165) is 0 Å². The molecule has 4 aromatic rings. The predicted octanol–water partition coefficient (Wildman–Crippen LogP) is 3.88. The first-order valence-electron chi connectivity index (χ1n) is 10.4. The van der Waals surface area contributed by atoms with Gasteiger partial charge in [0.15, 0.2) is 11.0 Å². The number of fused-ring (bicyclic) bond motifs is 1. The normalized spacial score (nSPS) is 13.1. The molecule has 4 rings (SSSR count). The Hall–Kier alpha value is -3.46. The van der Waals surface area contributed by atoms with E-state index in [2.05, 4.69) is 25.5 Å². The highest BCUT2D eigenvalue weighted by Crippen LogP contribution is 2.33. The number of carbonyl (C=O) groups excluding carboxylic acids is 1. The zero-order valence-electron chi connectivity index (χ0n) is 18.1. The fourth-order valence-corrected chi connectivity index (χ4v) is 4.43. The van der Waals surface area contributed by atoms with Crippen molar-refractivity contribution in [3.63, 3.8) is 0 Å². The molecule has 9 heteroatoms. The molecule has 8 nitrogen and oxygen atoms in total. The van der Waals surface area contributed by atoms with Gasteiger partial charge in [-0.1, -0.05) is 42.1 Å². The van der Waals surface area contributed by atoms with Crippen LogP contribution in [0.15, 0.2) is 64.5 Å². The molecule has 0 aliphatic rings. The van der Waals surface area contributed by atoms with E-state index in [4.69, 9.17) is 0 Å². The van der Waals surface area contributed by atoms with Crippen LogP contribution in [0.2, 0.25) is 0 Å². The van der Waals surface area contributed by atoms with E-state index < -0.39 is 0 Å². The summed E-state index contributed by atoms with van der Waals surface area (Å²) in [6, 6.07) is 16.0. The zero-order chi connectivity index (χ0) is 22.7. The van der Waals surface area contributed by atoms with Crippen molar-refractivity contribution in [3.8, 4) is 0 Å². The van der Waals surface area contributed by atoms with Crippen molar-refractivity contribution in [3.05, 3.63) is 82.2 Å². The van der Waals surface area contributed by atoms with Crippen LogP contribution in [-0.2, 0) is 6.54 Å². The number of para-hydroxylation sites is 1. The Morgan fingerprint density at radius 2 is 1.81 bits per heavy atom. The lowest BCUT2D eigenvalue weighted by atomic mass is 10.2.